The average Bonchev–Trinajstić information content (AvgIpc) is 3.24. The molecule has 11 heteroatoms. The first-order valence-electron chi connectivity index (χ1n) is 16.1. The minimum atomic E-state index is -1.05. The number of carbonyl (C=O) groups excluding carboxylic acids is 1. The van der Waals surface area contributed by atoms with Crippen LogP contribution >= 0.6 is 11.6 Å². The van der Waals surface area contributed by atoms with Crippen molar-refractivity contribution in [3.05, 3.63) is 79.8 Å². The Morgan fingerprint density at radius 2 is 1.72 bits per heavy atom. The summed E-state index contributed by atoms with van der Waals surface area (Å²) >= 11 is 6.36. The maximum atomic E-state index is 15.9. The summed E-state index contributed by atoms with van der Waals surface area (Å²) in [4.78, 5) is 32.7. The highest BCUT2D eigenvalue weighted by Crippen LogP contribution is 2.38. The van der Waals surface area contributed by atoms with Crippen LogP contribution in [0.25, 0.3) is 22.2 Å². The van der Waals surface area contributed by atoms with Crippen molar-refractivity contribution in [2.45, 2.75) is 85.0 Å². The second-order valence-corrected chi connectivity index (χ2v) is 14.1. The Kier molecular flexibility index (Phi) is 8.74. The number of nitrogens with zero attached hydrogens (tertiary/aromatic N) is 2. The number of benzene rings is 2. The Morgan fingerprint density at radius 3 is 2.38 bits per heavy atom. The van der Waals surface area contributed by atoms with Crippen molar-refractivity contribution in [2.24, 2.45) is 0 Å². The lowest BCUT2D eigenvalue weighted by Crippen LogP contribution is -2.41. The molecule has 0 bridgehead atoms. The number of pyridine rings is 1. The highest BCUT2D eigenvalue weighted by molar-refractivity contribution is 6.63. The van der Waals surface area contributed by atoms with E-state index in [9.17, 15) is 9.59 Å². The lowest BCUT2D eigenvalue weighted by atomic mass is 9.75. The van der Waals surface area contributed by atoms with Crippen LogP contribution in [-0.2, 0) is 9.31 Å². The van der Waals surface area contributed by atoms with Crippen LogP contribution in [0.1, 0.15) is 87.0 Å². The largest absolute Gasteiger partial charge is 0.498 e. The molecule has 6 rings (SSSR count). The summed E-state index contributed by atoms with van der Waals surface area (Å²) in [6.07, 6.45) is 3.86. The van der Waals surface area contributed by atoms with Crippen molar-refractivity contribution < 1.29 is 22.9 Å². The molecule has 8 nitrogen and oxygen atoms in total. The molecule has 2 saturated heterocycles. The van der Waals surface area contributed by atoms with Gasteiger partial charge in [-0.25, -0.2) is 9.37 Å². The predicted octanol–water partition coefficient (Wildman–Crippen LogP) is 7.54. The van der Waals surface area contributed by atoms with Gasteiger partial charge in [-0.05, 0) is 104 Å². The molecule has 0 spiro atoms. The van der Waals surface area contributed by atoms with Crippen LogP contribution in [0.4, 0.5) is 16.0 Å². The van der Waals surface area contributed by atoms with Crippen LogP contribution in [-0.4, -0.2) is 42.7 Å². The maximum Gasteiger partial charge on any atom is 0.498 e. The Bertz CT molecular complexity index is 1920. The SMILES string of the molecule is Cc1cc(C(C)Nc2ccc(Cl)nc2-c2cc(F)c(B3OC(C)(C)C(C)(C)O3)c(C=O)c2)c2oc(N3CCCCC3)c(C)c(=O)c2c1. The third kappa shape index (κ3) is 6.07. The highest BCUT2D eigenvalue weighted by atomic mass is 35.5. The number of fused-ring (bicyclic) bond motifs is 1. The van der Waals surface area contributed by atoms with E-state index in [-0.39, 0.29) is 27.6 Å². The van der Waals surface area contributed by atoms with E-state index in [1.54, 1.807) is 18.2 Å². The lowest BCUT2D eigenvalue weighted by molar-refractivity contribution is 0.00578. The number of aromatic nitrogens is 1. The summed E-state index contributed by atoms with van der Waals surface area (Å²) < 4.78 is 34.6. The van der Waals surface area contributed by atoms with Crippen molar-refractivity contribution in [2.75, 3.05) is 23.3 Å². The van der Waals surface area contributed by atoms with Gasteiger partial charge in [0.2, 0.25) is 5.88 Å². The average molecular weight is 660 g/mol. The summed E-state index contributed by atoms with van der Waals surface area (Å²) in [5, 5.41) is 4.23. The number of halogens is 2. The van der Waals surface area contributed by atoms with Crippen molar-refractivity contribution >= 4 is 53.0 Å². The molecule has 246 valence electrons. The molecule has 1 N–H and O–H groups in total. The van der Waals surface area contributed by atoms with Crippen LogP contribution in [0.3, 0.4) is 0 Å². The zero-order chi connectivity index (χ0) is 33.8. The van der Waals surface area contributed by atoms with Gasteiger partial charge < -0.3 is 23.9 Å². The second kappa shape index (κ2) is 12.4. The summed E-state index contributed by atoms with van der Waals surface area (Å²) in [6.45, 7) is 14.9. The fourth-order valence-corrected chi connectivity index (χ4v) is 6.59. The van der Waals surface area contributed by atoms with E-state index >= 15 is 4.39 Å². The monoisotopic (exact) mass is 659 g/mol. The minimum absolute atomic E-state index is 0.0355. The zero-order valence-electron chi connectivity index (χ0n) is 27.9. The molecular formula is C36H40BClFN3O5. The first-order valence-corrected chi connectivity index (χ1v) is 16.5. The third-order valence-corrected chi connectivity index (χ3v) is 9.97. The second-order valence-electron chi connectivity index (χ2n) is 13.7. The summed E-state index contributed by atoms with van der Waals surface area (Å²) in [5.74, 6) is -0.0387. The van der Waals surface area contributed by atoms with Gasteiger partial charge in [0.05, 0.1) is 39.6 Å². The highest BCUT2D eigenvalue weighted by Gasteiger charge is 2.53. The molecule has 4 aromatic rings. The normalized spacial score (nSPS) is 18.1. The van der Waals surface area contributed by atoms with E-state index in [2.05, 4.69) is 15.2 Å². The number of aldehydes is 1. The maximum absolute atomic E-state index is 15.9. The van der Waals surface area contributed by atoms with E-state index < -0.39 is 24.1 Å². The van der Waals surface area contributed by atoms with E-state index in [0.29, 0.717) is 45.6 Å². The predicted molar refractivity (Wildman–Crippen MR) is 186 cm³/mol. The molecule has 2 aliphatic rings. The number of piperidine rings is 1. The van der Waals surface area contributed by atoms with Crippen molar-refractivity contribution in [3.63, 3.8) is 0 Å². The van der Waals surface area contributed by atoms with Crippen molar-refractivity contribution in [3.8, 4) is 11.3 Å². The Hall–Kier alpha value is -3.73. The Labute approximate surface area is 279 Å². The van der Waals surface area contributed by atoms with Gasteiger partial charge in [-0.2, -0.15) is 0 Å². The quantitative estimate of drug-likeness (QED) is 0.124. The van der Waals surface area contributed by atoms with Gasteiger partial charge in [0.25, 0.3) is 0 Å². The van der Waals surface area contributed by atoms with Crippen molar-refractivity contribution in [1.29, 1.82) is 0 Å². The molecule has 0 aliphatic carbocycles. The molecule has 0 radical (unpaired) electrons. The molecule has 2 aromatic carbocycles. The molecule has 0 amide bonds. The topological polar surface area (TPSA) is 93.9 Å². The smallest absolute Gasteiger partial charge is 0.440 e. The molecule has 4 heterocycles. The number of anilines is 2. The molecule has 2 fully saturated rings. The molecule has 1 atom stereocenters. The Balaban J connectivity index is 1.40. The van der Waals surface area contributed by atoms with E-state index in [1.807, 2.05) is 60.6 Å². The van der Waals surface area contributed by atoms with Crippen molar-refractivity contribution in [1.82, 2.24) is 4.98 Å². The number of nitrogens with one attached hydrogen (secondary N) is 1. The van der Waals surface area contributed by atoms with Crippen LogP contribution in [0.2, 0.25) is 5.15 Å². The van der Waals surface area contributed by atoms with Gasteiger partial charge >= 0.3 is 7.12 Å². The van der Waals surface area contributed by atoms with E-state index in [1.165, 1.54) is 6.07 Å². The number of aryl methyl sites for hydroxylation is 1. The minimum Gasteiger partial charge on any atom is -0.440 e. The summed E-state index contributed by atoms with van der Waals surface area (Å²) in [5.41, 5.74) is 2.78. The first kappa shape index (κ1) is 33.2. The van der Waals surface area contributed by atoms with Crippen LogP contribution in [0.15, 0.2) is 45.6 Å². The van der Waals surface area contributed by atoms with E-state index in [0.717, 1.165) is 43.5 Å². The molecule has 47 heavy (non-hydrogen) atoms. The third-order valence-electron chi connectivity index (χ3n) is 9.76. The fourth-order valence-electron chi connectivity index (χ4n) is 6.44. The molecule has 1 unspecified atom stereocenters. The van der Waals surface area contributed by atoms with Crippen LogP contribution in [0.5, 0.6) is 0 Å². The molecule has 2 aromatic heterocycles. The van der Waals surface area contributed by atoms with E-state index in [4.69, 9.17) is 25.3 Å². The van der Waals surface area contributed by atoms with Crippen LogP contribution in [0, 0.1) is 19.7 Å². The summed E-state index contributed by atoms with van der Waals surface area (Å²) in [7, 11) is -1.05. The van der Waals surface area contributed by atoms with Gasteiger partial charge in [0, 0.05) is 35.2 Å². The molecule has 0 saturated carbocycles. The number of hydrogen-bond acceptors (Lipinski definition) is 8. The standard InChI is InChI=1S/C36H40BClFN3O5/c1-20-15-25(33-26(16-20)32(44)21(2)34(45-33)42-13-9-8-10-14-42)22(3)40-28-11-12-29(38)41-31(28)23-17-24(19-43)30(27(39)18-23)37-46-35(4,5)36(6,7)47-37/h11-12,15-19,22,40H,8-10,13-14H2,1-7H3. The lowest BCUT2D eigenvalue weighted by Gasteiger charge is -2.32. The van der Waals surface area contributed by atoms with Gasteiger partial charge in [-0.3, -0.25) is 9.59 Å². The van der Waals surface area contributed by atoms with Gasteiger partial charge in [-0.1, -0.05) is 17.7 Å². The van der Waals surface area contributed by atoms with Gasteiger partial charge in [-0.15, -0.1) is 0 Å². The fraction of sp³-hybridized carbons (Fsp3) is 0.417. The molecule has 2 aliphatic heterocycles. The number of rotatable bonds is 7. The van der Waals surface area contributed by atoms with Gasteiger partial charge in [0.1, 0.15) is 22.8 Å². The van der Waals surface area contributed by atoms with Gasteiger partial charge in [0.15, 0.2) is 5.43 Å². The Morgan fingerprint density at radius 1 is 1.04 bits per heavy atom. The first-order chi connectivity index (χ1) is 22.2. The van der Waals surface area contributed by atoms with Crippen LogP contribution < -0.4 is 21.1 Å². The zero-order valence-corrected chi connectivity index (χ0v) is 28.7. The number of carbonyl (C=O) groups is 1. The molecular weight excluding hydrogens is 620 g/mol. The summed E-state index contributed by atoms with van der Waals surface area (Å²) in [6, 6.07) is 9.80. The number of hydrogen-bond donors (Lipinski definition) is 1.